The van der Waals surface area contributed by atoms with Crippen molar-refractivity contribution in [3.63, 3.8) is 0 Å². The molecule has 0 aromatic carbocycles. The molecule has 0 aromatic heterocycles. The molecule has 1 fully saturated rings. The summed E-state index contributed by atoms with van der Waals surface area (Å²) < 4.78 is 26.1. The minimum atomic E-state index is -1.04. The Bertz CT molecular complexity index is 200. The van der Waals surface area contributed by atoms with Crippen LogP contribution in [-0.4, -0.2) is 70.9 Å². The second-order valence-corrected chi connectivity index (χ2v) is 3.62. The van der Waals surface area contributed by atoms with E-state index in [0.717, 1.165) is 0 Å². The molecule has 1 aliphatic rings. The molecule has 0 radical (unpaired) electrons. The molecule has 16 heavy (non-hydrogen) atoms. The van der Waals surface area contributed by atoms with Crippen molar-refractivity contribution >= 4 is 0 Å². The summed E-state index contributed by atoms with van der Waals surface area (Å²) in [5.74, 6) is 0. The van der Waals surface area contributed by atoms with Crippen molar-refractivity contribution in [3.05, 3.63) is 0 Å². The average molecular weight is 236 g/mol. The Morgan fingerprint density at radius 2 is 1.50 bits per heavy atom. The van der Waals surface area contributed by atoms with Gasteiger partial charge in [0.2, 0.25) is 0 Å². The van der Waals surface area contributed by atoms with E-state index in [1.54, 1.807) is 21.3 Å². The zero-order chi connectivity index (χ0) is 12.1. The fourth-order valence-electron chi connectivity index (χ4n) is 2.00. The lowest BCUT2D eigenvalue weighted by atomic mass is 9.98. The highest BCUT2D eigenvalue weighted by Gasteiger charge is 2.46. The molecule has 1 heterocycles. The van der Waals surface area contributed by atoms with E-state index in [0.29, 0.717) is 6.61 Å². The minimum absolute atomic E-state index is 0.325. The lowest BCUT2D eigenvalue weighted by Gasteiger charge is -2.42. The maximum absolute atomic E-state index is 9.74. The molecule has 0 saturated carbocycles. The van der Waals surface area contributed by atoms with E-state index in [1.165, 1.54) is 7.11 Å². The summed E-state index contributed by atoms with van der Waals surface area (Å²) in [6, 6.07) is 0. The number of hydrogen-bond acceptors (Lipinski definition) is 6. The molecule has 1 aliphatic heterocycles. The molecule has 0 aromatic rings. The highest BCUT2D eigenvalue weighted by Crippen LogP contribution is 2.25. The summed E-state index contributed by atoms with van der Waals surface area (Å²) in [6.07, 6.45) is -2.71. The van der Waals surface area contributed by atoms with E-state index in [2.05, 4.69) is 0 Å². The third-order valence-electron chi connectivity index (χ3n) is 2.76. The predicted molar refractivity (Wildman–Crippen MR) is 55.1 cm³/mol. The Kier molecular flexibility index (Phi) is 5.60. The number of methoxy groups -OCH3 is 4. The molecule has 0 spiro atoms. The van der Waals surface area contributed by atoms with E-state index in [4.69, 9.17) is 23.7 Å². The second kappa shape index (κ2) is 6.48. The van der Waals surface area contributed by atoms with Gasteiger partial charge in [0, 0.05) is 28.4 Å². The van der Waals surface area contributed by atoms with Gasteiger partial charge in [-0.25, -0.2) is 0 Å². The first kappa shape index (κ1) is 13.8. The summed E-state index contributed by atoms with van der Waals surface area (Å²) in [5, 5.41) is 9.74. The van der Waals surface area contributed by atoms with Gasteiger partial charge in [0.1, 0.15) is 24.4 Å². The van der Waals surface area contributed by atoms with Crippen molar-refractivity contribution < 1.29 is 28.8 Å². The molecular weight excluding hydrogens is 216 g/mol. The molecule has 0 aliphatic carbocycles. The Morgan fingerprint density at radius 1 is 0.938 bits per heavy atom. The first-order valence-electron chi connectivity index (χ1n) is 5.10. The van der Waals surface area contributed by atoms with Gasteiger partial charge in [-0.1, -0.05) is 0 Å². The molecular formula is C10H20O6. The summed E-state index contributed by atoms with van der Waals surface area (Å²) in [7, 11) is 6.16. The van der Waals surface area contributed by atoms with Gasteiger partial charge >= 0.3 is 0 Å². The zero-order valence-electron chi connectivity index (χ0n) is 10.1. The Morgan fingerprint density at radius 3 is 1.94 bits per heavy atom. The lowest BCUT2D eigenvalue weighted by molar-refractivity contribution is -0.300. The number of rotatable bonds is 5. The first-order valence-corrected chi connectivity index (χ1v) is 5.10. The van der Waals surface area contributed by atoms with Crippen molar-refractivity contribution in [2.24, 2.45) is 0 Å². The first-order chi connectivity index (χ1) is 7.69. The van der Waals surface area contributed by atoms with Crippen molar-refractivity contribution in [3.8, 4) is 0 Å². The van der Waals surface area contributed by atoms with Gasteiger partial charge in [0.05, 0.1) is 6.61 Å². The average Bonchev–Trinajstić information content (AvgIpc) is 2.28. The summed E-state index contributed by atoms with van der Waals surface area (Å²) in [6.45, 7) is 0.325. The van der Waals surface area contributed by atoms with Gasteiger partial charge in [-0.2, -0.15) is 0 Å². The van der Waals surface area contributed by atoms with Crippen molar-refractivity contribution in [2.75, 3.05) is 35.0 Å². The van der Waals surface area contributed by atoms with Crippen LogP contribution < -0.4 is 0 Å². The topological polar surface area (TPSA) is 66.4 Å². The molecule has 1 saturated heterocycles. The fraction of sp³-hybridized carbons (Fsp3) is 1.00. The van der Waals surface area contributed by atoms with Crippen LogP contribution in [0.3, 0.4) is 0 Å². The Labute approximate surface area is 95.4 Å². The van der Waals surface area contributed by atoms with Gasteiger partial charge in [0.15, 0.2) is 6.29 Å². The van der Waals surface area contributed by atoms with Crippen LogP contribution in [0.15, 0.2) is 0 Å². The van der Waals surface area contributed by atoms with Gasteiger partial charge < -0.3 is 28.8 Å². The van der Waals surface area contributed by atoms with Gasteiger partial charge in [0.25, 0.3) is 0 Å². The van der Waals surface area contributed by atoms with Gasteiger partial charge in [-0.15, -0.1) is 0 Å². The van der Waals surface area contributed by atoms with Gasteiger partial charge in [-0.3, -0.25) is 0 Å². The molecule has 5 atom stereocenters. The normalized spacial score (nSPS) is 39.9. The molecule has 0 bridgehead atoms. The third-order valence-corrected chi connectivity index (χ3v) is 2.76. The van der Waals surface area contributed by atoms with Crippen LogP contribution in [0.5, 0.6) is 0 Å². The smallest absolute Gasteiger partial charge is 0.184 e. The summed E-state index contributed by atoms with van der Waals surface area (Å²) in [4.78, 5) is 0. The molecule has 1 rings (SSSR count). The molecule has 1 N–H and O–H groups in total. The van der Waals surface area contributed by atoms with Crippen molar-refractivity contribution in [1.29, 1.82) is 0 Å². The Balaban J connectivity index is 2.78. The van der Waals surface area contributed by atoms with Crippen LogP contribution in [-0.2, 0) is 23.7 Å². The number of aliphatic hydroxyl groups excluding tert-OH is 1. The maximum Gasteiger partial charge on any atom is 0.184 e. The molecule has 6 heteroatoms. The monoisotopic (exact) mass is 236 g/mol. The molecule has 0 amide bonds. The van der Waals surface area contributed by atoms with E-state index in [1.807, 2.05) is 0 Å². The number of hydrogen-bond donors (Lipinski definition) is 1. The minimum Gasteiger partial charge on any atom is -0.382 e. The van der Waals surface area contributed by atoms with Crippen LogP contribution in [0.1, 0.15) is 0 Å². The largest absolute Gasteiger partial charge is 0.382 e. The van der Waals surface area contributed by atoms with Crippen LogP contribution >= 0.6 is 0 Å². The molecule has 96 valence electrons. The zero-order valence-corrected chi connectivity index (χ0v) is 10.1. The summed E-state index contributed by atoms with van der Waals surface area (Å²) in [5.41, 5.74) is 0. The molecule has 6 nitrogen and oxygen atoms in total. The SMILES string of the molecule is COC[C@@H]1O[C@H](O)[C@@H](OC)[C@H](OC)[C@H]1OC. The van der Waals surface area contributed by atoms with Crippen LogP contribution in [0, 0.1) is 0 Å². The highest BCUT2D eigenvalue weighted by molar-refractivity contribution is 4.91. The van der Waals surface area contributed by atoms with E-state index < -0.39 is 12.4 Å². The van der Waals surface area contributed by atoms with Crippen LogP contribution in [0.4, 0.5) is 0 Å². The van der Waals surface area contributed by atoms with E-state index in [9.17, 15) is 5.11 Å². The lowest BCUT2D eigenvalue weighted by Crippen LogP contribution is -2.60. The van der Waals surface area contributed by atoms with E-state index in [-0.39, 0.29) is 18.3 Å². The predicted octanol–water partition coefficient (Wildman–Crippen LogP) is -0.605. The summed E-state index contributed by atoms with van der Waals surface area (Å²) >= 11 is 0. The van der Waals surface area contributed by atoms with Gasteiger partial charge in [-0.05, 0) is 0 Å². The quantitative estimate of drug-likeness (QED) is 0.687. The van der Waals surface area contributed by atoms with Crippen LogP contribution in [0.25, 0.3) is 0 Å². The van der Waals surface area contributed by atoms with Crippen molar-refractivity contribution in [1.82, 2.24) is 0 Å². The standard InChI is InChI=1S/C10H20O6/c1-12-5-6-7(13-2)8(14-3)9(15-4)10(11)16-6/h6-11H,5H2,1-4H3/t6-,7-,8+,9-,10-/m0/s1. The van der Waals surface area contributed by atoms with Crippen molar-refractivity contribution in [2.45, 2.75) is 30.7 Å². The maximum atomic E-state index is 9.74. The van der Waals surface area contributed by atoms with E-state index >= 15 is 0 Å². The highest BCUT2D eigenvalue weighted by atomic mass is 16.7. The number of ether oxygens (including phenoxy) is 5. The fourth-order valence-corrected chi connectivity index (χ4v) is 2.00. The van der Waals surface area contributed by atoms with Crippen LogP contribution in [0.2, 0.25) is 0 Å². The number of aliphatic hydroxyl groups is 1. The second-order valence-electron chi connectivity index (χ2n) is 3.62. The Hall–Kier alpha value is -0.240. The third kappa shape index (κ3) is 2.71. The molecule has 0 unspecified atom stereocenters.